The van der Waals surface area contributed by atoms with E-state index in [9.17, 15) is 0 Å². The van der Waals surface area contributed by atoms with E-state index in [1.807, 2.05) is 96.3 Å². The van der Waals surface area contributed by atoms with Gasteiger partial charge in [-0.25, -0.2) is 28.7 Å². The summed E-state index contributed by atoms with van der Waals surface area (Å²) in [7, 11) is 3.76. The van der Waals surface area contributed by atoms with Crippen LogP contribution in [0, 0.1) is 0 Å². The molecular weight excluding hydrogens is 623 g/mol. The zero-order chi connectivity index (χ0) is 31.6. The van der Waals surface area contributed by atoms with Crippen LogP contribution in [0.25, 0.3) is 22.1 Å². The first kappa shape index (κ1) is 29.3. The first-order chi connectivity index (χ1) is 22.4. The van der Waals surface area contributed by atoms with Crippen molar-refractivity contribution in [3.8, 4) is 0 Å². The fourth-order valence-corrected chi connectivity index (χ4v) is 5.68. The lowest BCUT2D eigenvalue weighted by Gasteiger charge is -2.18. The Bertz CT molecular complexity index is 2200. The van der Waals surface area contributed by atoms with Crippen LogP contribution < -0.4 is 0 Å². The molecule has 14 heteroatoms. The summed E-state index contributed by atoms with van der Waals surface area (Å²) in [6, 6.07) is 27.5. The van der Waals surface area contributed by atoms with Crippen molar-refractivity contribution in [1.82, 2.24) is 59.5 Å². The van der Waals surface area contributed by atoms with Gasteiger partial charge in [-0.05, 0) is 70.8 Å². The number of fused-ring (bicyclic) bond motifs is 2. The molecule has 0 radical (unpaired) electrons. The van der Waals surface area contributed by atoms with Gasteiger partial charge in [0.05, 0.1) is 11.0 Å². The summed E-state index contributed by atoms with van der Waals surface area (Å²) < 4.78 is 7.17. The van der Waals surface area contributed by atoms with Crippen molar-refractivity contribution in [2.75, 3.05) is 0 Å². The van der Waals surface area contributed by atoms with Gasteiger partial charge < -0.3 is 0 Å². The molecule has 0 aliphatic heterocycles. The molecule has 2 atom stereocenters. The minimum Gasteiger partial charge on any atom is -0.248 e. The van der Waals surface area contributed by atoms with Crippen LogP contribution in [-0.2, 0) is 14.1 Å². The lowest BCUT2D eigenvalue weighted by molar-refractivity contribution is 0.594. The van der Waals surface area contributed by atoms with Gasteiger partial charge in [-0.3, -0.25) is 0 Å². The molecule has 0 unspecified atom stereocenters. The van der Waals surface area contributed by atoms with E-state index in [-0.39, 0.29) is 12.1 Å². The molecule has 0 spiro atoms. The van der Waals surface area contributed by atoms with Gasteiger partial charge in [-0.1, -0.05) is 70.0 Å². The summed E-state index contributed by atoms with van der Waals surface area (Å²) in [5.41, 5.74) is 7.97. The Morgan fingerprint density at radius 3 is 1.54 bits per heavy atom. The molecule has 0 aliphatic carbocycles. The molecule has 8 aromatic rings. The highest BCUT2D eigenvalue weighted by molar-refractivity contribution is 6.30. The molecule has 4 heterocycles. The van der Waals surface area contributed by atoms with Gasteiger partial charge >= 0.3 is 0 Å². The number of rotatable bonds is 6. The topological polar surface area (TPSA) is 123 Å². The van der Waals surface area contributed by atoms with Crippen LogP contribution in [-0.4, -0.2) is 59.5 Å². The van der Waals surface area contributed by atoms with Crippen LogP contribution in [0.3, 0.4) is 0 Å². The van der Waals surface area contributed by atoms with E-state index >= 15 is 0 Å². The number of hydrogen-bond donors (Lipinski definition) is 0. The Balaban J connectivity index is 0.000000147. The Kier molecular flexibility index (Phi) is 7.95. The van der Waals surface area contributed by atoms with Crippen LogP contribution >= 0.6 is 23.2 Å². The molecule has 0 fully saturated rings. The average molecular weight is 650 g/mol. The molecule has 4 aromatic heterocycles. The van der Waals surface area contributed by atoms with Crippen molar-refractivity contribution in [2.24, 2.45) is 14.1 Å². The van der Waals surface area contributed by atoms with Crippen molar-refractivity contribution < 1.29 is 0 Å². The van der Waals surface area contributed by atoms with Gasteiger partial charge in [0.15, 0.2) is 0 Å². The van der Waals surface area contributed by atoms with Crippen molar-refractivity contribution in [1.29, 1.82) is 0 Å². The number of halogens is 2. The molecule has 0 bridgehead atoms. The van der Waals surface area contributed by atoms with E-state index in [4.69, 9.17) is 23.2 Å². The van der Waals surface area contributed by atoms with E-state index in [2.05, 4.69) is 52.9 Å². The molecule has 0 aliphatic rings. The molecule has 46 heavy (non-hydrogen) atoms. The lowest BCUT2D eigenvalue weighted by Crippen LogP contribution is -2.13. The largest absolute Gasteiger partial charge is 0.248 e. The van der Waals surface area contributed by atoms with Crippen LogP contribution in [0.1, 0.15) is 34.3 Å². The van der Waals surface area contributed by atoms with Gasteiger partial charge in [0, 0.05) is 24.1 Å². The smallest absolute Gasteiger partial charge is 0.137 e. The highest BCUT2D eigenvalue weighted by Gasteiger charge is 2.20. The summed E-state index contributed by atoms with van der Waals surface area (Å²) in [5, 5.41) is 26.5. The molecule has 12 nitrogen and oxygen atoms in total. The van der Waals surface area contributed by atoms with E-state index in [0.29, 0.717) is 10.0 Å². The lowest BCUT2D eigenvalue weighted by atomic mass is 9.98. The fraction of sp³-hybridized carbons (Fsp3) is 0.125. The second kappa shape index (κ2) is 12.5. The van der Waals surface area contributed by atoms with Crippen molar-refractivity contribution >= 4 is 45.3 Å². The Morgan fingerprint density at radius 1 is 0.522 bits per heavy atom. The maximum atomic E-state index is 6.02. The fourth-order valence-electron chi connectivity index (χ4n) is 5.43. The zero-order valence-electron chi connectivity index (χ0n) is 24.7. The van der Waals surface area contributed by atoms with Crippen molar-refractivity contribution in [3.05, 3.63) is 143 Å². The maximum absolute atomic E-state index is 6.02. The number of aryl methyl sites for hydroxylation is 2. The highest BCUT2D eigenvalue weighted by Crippen LogP contribution is 2.30. The standard InChI is InChI=1S/2C16H13ClN6/c1-22-15-7-4-12(8-14(15)20-21-22)16(23-10-18-9-19-23)11-2-5-13(17)6-3-11;1-22-15-8-12(4-7-14(15)20-21-22)16(23-10-18-9-19-23)11-2-5-13(17)6-3-11/h2*2-10,16H,1H3/t2*16-/m00/s1. The SMILES string of the molecule is Cn1nnc2cc([C@H](c3ccc(Cl)cc3)n3cncn3)ccc21.Cn1nnc2ccc([C@H](c3ccc(Cl)cc3)n3cncn3)cc21. The van der Waals surface area contributed by atoms with Crippen LogP contribution in [0.4, 0.5) is 0 Å². The van der Waals surface area contributed by atoms with Crippen LogP contribution in [0.5, 0.6) is 0 Å². The number of hydrogen-bond acceptors (Lipinski definition) is 8. The number of benzene rings is 4. The number of aromatic nitrogens is 12. The highest BCUT2D eigenvalue weighted by atomic mass is 35.5. The third-order valence-electron chi connectivity index (χ3n) is 7.67. The Labute approximate surface area is 272 Å². The summed E-state index contributed by atoms with van der Waals surface area (Å²) in [4.78, 5) is 8.15. The van der Waals surface area contributed by atoms with Gasteiger partial charge in [0.2, 0.25) is 0 Å². The first-order valence-corrected chi connectivity index (χ1v) is 15.0. The molecule has 0 saturated carbocycles. The van der Waals surface area contributed by atoms with Gasteiger partial charge in [0.25, 0.3) is 0 Å². The van der Waals surface area contributed by atoms with E-state index in [1.165, 1.54) is 12.7 Å². The van der Waals surface area contributed by atoms with Crippen LogP contribution in [0.2, 0.25) is 10.0 Å². The Morgan fingerprint density at radius 2 is 1.00 bits per heavy atom. The van der Waals surface area contributed by atoms with Gasteiger partial charge in [-0.15, -0.1) is 10.2 Å². The molecule has 4 aromatic carbocycles. The van der Waals surface area contributed by atoms with E-state index in [1.54, 1.807) is 22.0 Å². The van der Waals surface area contributed by atoms with E-state index in [0.717, 1.165) is 44.3 Å². The summed E-state index contributed by atoms with van der Waals surface area (Å²) in [5.74, 6) is 0. The second-order valence-electron chi connectivity index (χ2n) is 10.6. The summed E-state index contributed by atoms with van der Waals surface area (Å²) >= 11 is 12.0. The summed E-state index contributed by atoms with van der Waals surface area (Å²) in [6.45, 7) is 0. The predicted octanol–water partition coefficient (Wildman–Crippen LogP) is 5.70. The normalized spacial score (nSPS) is 12.6. The summed E-state index contributed by atoms with van der Waals surface area (Å²) in [6.07, 6.45) is 6.49. The molecular formula is C32H26Cl2N12. The predicted molar refractivity (Wildman–Crippen MR) is 174 cm³/mol. The first-order valence-electron chi connectivity index (χ1n) is 14.2. The number of nitrogens with zero attached hydrogens (tertiary/aromatic N) is 12. The molecule has 0 amide bonds. The van der Waals surface area contributed by atoms with Gasteiger partial charge in [-0.2, -0.15) is 10.2 Å². The van der Waals surface area contributed by atoms with Gasteiger partial charge in [0.1, 0.15) is 48.4 Å². The minimum atomic E-state index is -0.0961. The quantitative estimate of drug-likeness (QED) is 0.225. The van der Waals surface area contributed by atoms with Crippen molar-refractivity contribution in [2.45, 2.75) is 12.1 Å². The Hall–Kier alpha value is -5.46. The van der Waals surface area contributed by atoms with E-state index < -0.39 is 0 Å². The minimum absolute atomic E-state index is 0.0888. The average Bonchev–Trinajstić information content (AvgIpc) is 3.90. The maximum Gasteiger partial charge on any atom is 0.137 e. The zero-order valence-corrected chi connectivity index (χ0v) is 26.2. The molecule has 0 N–H and O–H groups in total. The second-order valence-corrected chi connectivity index (χ2v) is 11.5. The molecule has 0 saturated heterocycles. The third kappa shape index (κ3) is 5.83. The van der Waals surface area contributed by atoms with Crippen LogP contribution in [0.15, 0.2) is 110 Å². The molecule has 8 rings (SSSR count). The monoisotopic (exact) mass is 648 g/mol. The van der Waals surface area contributed by atoms with Crippen molar-refractivity contribution in [3.63, 3.8) is 0 Å². The third-order valence-corrected chi connectivity index (χ3v) is 8.18. The molecule has 228 valence electrons.